The third kappa shape index (κ3) is 3.59. The van der Waals surface area contributed by atoms with Crippen molar-refractivity contribution in [2.75, 3.05) is 11.9 Å². The molecule has 3 heteroatoms. The second-order valence-electron chi connectivity index (χ2n) is 4.59. The van der Waals surface area contributed by atoms with Crippen molar-refractivity contribution >= 4 is 11.5 Å². The second kappa shape index (κ2) is 6.80. The normalized spacial score (nSPS) is 13.4. The number of anilines is 1. The Bertz CT molecular complexity index is 422. The molecule has 2 atom stereocenters. The van der Waals surface area contributed by atoms with Gasteiger partial charge < -0.3 is 9.69 Å². The summed E-state index contributed by atoms with van der Waals surface area (Å²) >= 11 is 0. The number of carbonyl (C=O) groups excluding carboxylic acids is 1. The standard InChI is InChI=1S/C15H20N2O/c1-4-13(10-12(2)18)15(11-16)17(3)14-8-6-5-7-9-14/h5-9,13,15H,4,10H2,1-3H3/t13-,15+/m1/s1. The monoisotopic (exact) mass is 244 g/mol. The van der Waals surface area contributed by atoms with Crippen LogP contribution < -0.4 is 4.90 Å². The minimum absolute atomic E-state index is 0.0812. The molecule has 0 amide bonds. The van der Waals surface area contributed by atoms with Gasteiger partial charge in [0.1, 0.15) is 11.8 Å². The smallest absolute Gasteiger partial charge is 0.130 e. The lowest BCUT2D eigenvalue weighted by molar-refractivity contribution is -0.118. The fourth-order valence-electron chi connectivity index (χ4n) is 2.18. The molecule has 0 fully saturated rings. The predicted molar refractivity (Wildman–Crippen MR) is 73.3 cm³/mol. The third-order valence-electron chi connectivity index (χ3n) is 3.23. The van der Waals surface area contributed by atoms with E-state index >= 15 is 0 Å². The number of benzene rings is 1. The summed E-state index contributed by atoms with van der Waals surface area (Å²) < 4.78 is 0. The van der Waals surface area contributed by atoms with Crippen molar-refractivity contribution in [3.63, 3.8) is 0 Å². The van der Waals surface area contributed by atoms with E-state index in [0.717, 1.165) is 12.1 Å². The number of nitriles is 1. The molecule has 0 bridgehead atoms. The van der Waals surface area contributed by atoms with Crippen LogP contribution >= 0.6 is 0 Å². The van der Waals surface area contributed by atoms with E-state index in [1.165, 1.54) is 0 Å². The molecule has 0 unspecified atom stereocenters. The van der Waals surface area contributed by atoms with Crippen LogP contribution in [0.3, 0.4) is 0 Å². The molecule has 0 heterocycles. The van der Waals surface area contributed by atoms with Gasteiger partial charge in [0.15, 0.2) is 0 Å². The van der Waals surface area contributed by atoms with Crippen LogP contribution in [-0.4, -0.2) is 18.9 Å². The van der Waals surface area contributed by atoms with Gasteiger partial charge in [-0.05, 0) is 31.4 Å². The number of rotatable bonds is 6. The first-order valence-corrected chi connectivity index (χ1v) is 6.27. The first-order valence-electron chi connectivity index (χ1n) is 6.27. The SMILES string of the molecule is CC[C@H](CC(C)=O)[C@H](C#N)N(C)c1ccccc1. The molecule has 0 saturated heterocycles. The molecule has 0 aliphatic heterocycles. The van der Waals surface area contributed by atoms with Crippen molar-refractivity contribution < 1.29 is 4.79 Å². The number of ketones is 1. The highest BCUT2D eigenvalue weighted by Gasteiger charge is 2.25. The molecule has 3 nitrogen and oxygen atoms in total. The van der Waals surface area contributed by atoms with Gasteiger partial charge in [-0.2, -0.15) is 5.26 Å². The largest absolute Gasteiger partial charge is 0.359 e. The Balaban J connectivity index is 2.88. The summed E-state index contributed by atoms with van der Waals surface area (Å²) in [6.45, 7) is 3.61. The van der Waals surface area contributed by atoms with Crippen molar-refractivity contribution in [1.82, 2.24) is 0 Å². The Morgan fingerprint density at radius 2 is 2.00 bits per heavy atom. The summed E-state index contributed by atoms with van der Waals surface area (Å²) in [5.41, 5.74) is 1.01. The maximum Gasteiger partial charge on any atom is 0.130 e. The molecule has 1 aromatic rings. The molecule has 96 valence electrons. The fraction of sp³-hybridized carbons (Fsp3) is 0.467. The van der Waals surface area contributed by atoms with Gasteiger partial charge in [0.2, 0.25) is 0 Å². The van der Waals surface area contributed by atoms with Crippen LogP contribution in [0, 0.1) is 17.2 Å². The molecular weight excluding hydrogens is 224 g/mol. The molecule has 0 aromatic heterocycles. The average molecular weight is 244 g/mol. The number of nitrogens with zero attached hydrogens (tertiary/aromatic N) is 2. The minimum atomic E-state index is -0.263. The van der Waals surface area contributed by atoms with E-state index in [4.69, 9.17) is 0 Å². The van der Waals surface area contributed by atoms with E-state index in [1.54, 1.807) is 6.92 Å². The van der Waals surface area contributed by atoms with Gasteiger partial charge >= 0.3 is 0 Å². The molecule has 0 radical (unpaired) electrons. The second-order valence-corrected chi connectivity index (χ2v) is 4.59. The van der Waals surface area contributed by atoms with Crippen LogP contribution in [0.15, 0.2) is 30.3 Å². The maximum atomic E-state index is 11.3. The highest BCUT2D eigenvalue weighted by molar-refractivity contribution is 5.76. The minimum Gasteiger partial charge on any atom is -0.359 e. The van der Waals surface area contributed by atoms with Crippen molar-refractivity contribution in [3.05, 3.63) is 30.3 Å². The van der Waals surface area contributed by atoms with Gasteiger partial charge in [-0.3, -0.25) is 0 Å². The highest BCUT2D eigenvalue weighted by atomic mass is 16.1. The van der Waals surface area contributed by atoms with Gasteiger partial charge in [-0.15, -0.1) is 0 Å². The molecular formula is C15H20N2O. The van der Waals surface area contributed by atoms with E-state index in [2.05, 4.69) is 6.07 Å². The Hall–Kier alpha value is -1.82. The Morgan fingerprint density at radius 3 is 2.44 bits per heavy atom. The van der Waals surface area contributed by atoms with Crippen LogP contribution in [0.2, 0.25) is 0 Å². The van der Waals surface area contributed by atoms with Crippen LogP contribution in [0.25, 0.3) is 0 Å². The summed E-state index contributed by atoms with van der Waals surface area (Å²) in [4.78, 5) is 13.2. The molecule has 0 aliphatic carbocycles. The van der Waals surface area contributed by atoms with Gasteiger partial charge in [0, 0.05) is 19.2 Å². The molecule has 18 heavy (non-hydrogen) atoms. The van der Waals surface area contributed by atoms with Crippen LogP contribution in [0.4, 0.5) is 5.69 Å². The van der Waals surface area contributed by atoms with E-state index in [1.807, 2.05) is 49.2 Å². The van der Waals surface area contributed by atoms with Crippen molar-refractivity contribution in [1.29, 1.82) is 5.26 Å². The van der Waals surface area contributed by atoms with Gasteiger partial charge in [0.25, 0.3) is 0 Å². The van der Waals surface area contributed by atoms with E-state index in [-0.39, 0.29) is 17.7 Å². The summed E-state index contributed by atoms with van der Waals surface area (Å²) in [7, 11) is 1.91. The number of Topliss-reactive ketones (excluding diaryl/α,β-unsaturated/α-hetero) is 1. The Labute approximate surface area is 109 Å². The third-order valence-corrected chi connectivity index (χ3v) is 3.23. The zero-order valence-corrected chi connectivity index (χ0v) is 11.3. The lowest BCUT2D eigenvalue weighted by atomic mass is 9.91. The topological polar surface area (TPSA) is 44.1 Å². The van der Waals surface area contributed by atoms with E-state index in [9.17, 15) is 10.1 Å². The molecule has 0 saturated carbocycles. The first kappa shape index (κ1) is 14.2. The maximum absolute atomic E-state index is 11.3. The molecule has 1 rings (SSSR count). The zero-order chi connectivity index (χ0) is 13.5. The summed E-state index contributed by atoms with van der Waals surface area (Å²) in [6, 6.07) is 11.9. The van der Waals surface area contributed by atoms with Crippen molar-refractivity contribution in [2.45, 2.75) is 32.7 Å². The lowest BCUT2D eigenvalue weighted by Crippen LogP contribution is -2.37. The van der Waals surface area contributed by atoms with E-state index in [0.29, 0.717) is 6.42 Å². The molecule has 1 aromatic carbocycles. The fourth-order valence-corrected chi connectivity index (χ4v) is 2.18. The number of hydrogen-bond acceptors (Lipinski definition) is 3. The van der Waals surface area contributed by atoms with Crippen molar-refractivity contribution in [2.24, 2.45) is 5.92 Å². The van der Waals surface area contributed by atoms with E-state index < -0.39 is 0 Å². The first-order chi connectivity index (χ1) is 8.60. The van der Waals surface area contributed by atoms with Crippen LogP contribution in [0.1, 0.15) is 26.7 Å². The Morgan fingerprint density at radius 1 is 1.39 bits per heavy atom. The summed E-state index contributed by atoms with van der Waals surface area (Å²) in [6.07, 6.45) is 1.29. The quantitative estimate of drug-likeness (QED) is 0.772. The van der Waals surface area contributed by atoms with Crippen LogP contribution in [0.5, 0.6) is 0 Å². The molecule has 0 aliphatic rings. The number of para-hydroxylation sites is 1. The lowest BCUT2D eigenvalue weighted by Gasteiger charge is -2.30. The zero-order valence-electron chi connectivity index (χ0n) is 11.3. The number of carbonyl (C=O) groups is 1. The number of hydrogen-bond donors (Lipinski definition) is 0. The molecule has 0 N–H and O–H groups in total. The molecule has 0 spiro atoms. The summed E-state index contributed by atoms with van der Waals surface area (Å²) in [5.74, 6) is 0.223. The van der Waals surface area contributed by atoms with Gasteiger partial charge in [-0.1, -0.05) is 25.1 Å². The predicted octanol–water partition coefficient (Wildman–Crippen LogP) is 3.02. The average Bonchev–Trinajstić information content (AvgIpc) is 2.38. The van der Waals surface area contributed by atoms with Crippen LogP contribution in [-0.2, 0) is 4.79 Å². The summed E-state index contributed by atoms with van der Waals surface area (Å²) in [5, 5.41) is 9.37. The van der Waals surface area contributed by atoms with Gasteiger partial charge in [0.05, 0.1) is 6.07 Å². The van der Waals surface area contributed by atoms with Gasteiger partial charge in [-0.25, -0.2) is 0 Å². The Kier molecular flexibility index (Phi) is 5.38. The highest BCUT2D eigenvalue weighted by Crippen LogP contribution is 2.23. The van der Waals surface area contributed by atoms with Crippen molar-refractivity contribution in [3.8, 4) is 6.07 Å².